The Bertz CT molecular complexity index is 947. The summed E-state index contributed by atoms with van der Waals surface area (Å²) in [5, 5.41) is 2.74. The first-order valence-electron chi connectivity index (χ1n) is 8.41. The maximum absolute atomic E-state index is 12.8. The van der Waals surface area contributed by atoms with Crippen LogP contribution < -0.4 is 10.0 Å². The highest BCUT2D eigenvalue weighted by Crippen LogP contribution is 2.23. The maximum Gasteiger partial charge on any atom is 0.262 e. The van der Waals surface area contributed by atoms with Gasteiger partial charge in [0.25, 0.3) is 15.9 Å². The fourth-order valence-electron chi connectivity index (χ4n) is 2.51. The van der Waals surface area contributed by atoms with Crippen molar-refractivity contribution >= 4 is 27.3 Å². The molecule has 0 saturated heterocycles. The lowest BCUT2D eigenvalue weighted by Crippen LogP contribution is -2.16. The third-order valence-corrected chi connectivity index (χ3v) is 5.40. The van der Waals surface area contributed by atoms with Crippen LogP contribution >= 0.6 is 0 Å². The van der Waals surface area contributed by atoms with Gasteiger partial charge in [-0.3, -0.25) is 9.52 Å². The highest BCUT2D eigenvalue weighted by molar-refractivity contribution is 7.92. The molecule has 0 radical (unpaired) electrons. The maximum atomic E-state index is 12.8. The van der Waals surface area contributed by atoms with E-state index < -0.39 is 10.0 Å². The summed E-state index contributed by atoms with van der Waals surface area (Å²) in [6.07, 6.45) is 2.58. The lowest BCUT2D eigenvalue weighted by atomic mass is 10.2. The fourth-order valence-corrected chi connectivity index (χ4v) is 3.84. The monoisotopic (exact) mass is 372 g/mol. The van der Waals surface area contributed by atoms with E-state index in [1.165, 1.54) is 6.07 Å². The first-order chi connectivity index (χ1) is 12.2. The average molecular weight is 372 g/mol. The van der Waals surface area contributed by atoms with Crippen LogP contribution in [0, 0.1) is 13.8 Å². The molecule has 2 aromatic rings. The fraction of sp³-hybridized carbons (Fsp3) is 0.250. The van der Waals surface area contributed by atoms with E-state index in [4.69, 9.17) is 0 Å². The molecule has 0 fully saturated rings. The van der Waals surface area contributed by atoms with E-state index in [1.807, 2.05) is 26.0 Å². The number of carbonyl (C=O) groups is 1. The van der Waals surface area contributed by atoms with Crippen LogP contribution in [0.15, 0.2) is 59.0 Å². The van der Waals surface area contributed by atoms with Gasteiger partial charge in [0.15, 0.2) is 0 Å². The van der Waals surface area contributed by atoms with Gasteiger partial charge in [-0.05, 0) is 62.6 Å². The smallest absolute Gasteiger partial charge is 0.262 e. The van der Waals surface area contributed by atoms with Gasteiger partial charge in [0.05, 0.1) is 4.90 Å². The molecule has 5 nitrogen and oxygen atoms in total. The largest absolute Gasteiger partial charge is 0.322 e. The van der Waals surface area contributed by atoms with Crippen LogP contribution in [0.25, 0.3) is 0 Å². The zero-order chi connectivity index (χ0) is 19.3. The van der Waals surface area contributed by atoms with Crippen LogP contribution in [0.4, 0.5) is 11.4 Å². The summed E-state index contributed by atoms with van der Waals surface area (Å²) in [4.78, 5) is 12.3. The summed E-state index contributed by atoms with van der Waals surface area (Å²) in [5.41, 5.74) is 3.09. The predicted octanol–water partition coefficient (Wildman–Crippen LogP) is 4.40. The molecule has 6 heteroatoms. The van der Waals surface area contributed by atoms with Gasteiger partial charge in [0.1, 0.15) is 0 Å². The van der Waals surface area contributed by atoms with Crippen molar-refractivity contribution in [3.63, 3.8) is 0 Å². The highest BCUT2D eigenvalue weighted by atomic mass is 32.2. The van der Waals surface area contributed by atoms with Crippen LogP contribution in [0.2, 0.25) is 0 Å². The number of hydrogen-bond acceptors (Lipinski definition) is 3. The lowest BCUT2D eigenvalue weighted by molar-refractivity contribution is -0.112. The number of rotatable bonds is 6. The number of benzene rings is 2. The molecular formula is C20H24N2O3S. The molecule has 0 bridgehead atoms. The SMILES string of the molecule is CC/C=C(/C)C(=O)Nc1ccc(C)c(S(=O)(=O)Nc2cccc(C)c2)c1. The van der Waals surface area contributed by atoms with E-state index in [-0.39, 0.29) is 10.8 Å². The predicted molar refractivity (Wildman–Crippen MR) is 106 cm³/mol. The zero-order valence-electron chi connectivity index (χ0n) is 15.5. The van der Waals surface area contributed by atoms with E-state index in [0.29, 0.717) is 22.5 Å². The van der Waals surface area contributed by atoms with Gasteiger partial charge < -0.3 is 5.32 Å². The molecule has 26 heavy (non-hydrogen) atoms. The van der Waals surface area contributed by atoms with Crippen LogP contribution in [0.1, 0.15) is 31.4 Å². The molecule has 138 valence electrons. The number of hydrogen-bond donors (Lipinski definition) is 2. The number of allylic oxidation sites excluding steroid dienone is 1. The van der Waals surface area contributed by atoms with Crippen LogP contribution in [-0.4, -0.2) is 14.3 Å². The van der Waals surface area contributed by atoms with Crippen molar-refractivity contribution in [3.8, 4) is 0 Å². The number of aryl methyl sites for hydroxylation is 2. The molecule has 2 rings (SSSR count). The van der Waals surface area contributed by atoms with Crippen molar-refractivity contribution in [3.05, 3.63) is 65.2 Å². The first-order valence-corrected chi connectivity index (χ1v) is 9.89. The Balaban J connectivity index is 2.31. The molecule has 0 aromatic heterocycles. The summed E-state index contributed by atoms with van der Waals surface area (Å²) in [5.74, 6) is -0.245. The van der Waals surface area contributed by atoms with Crippen LogP contribution in [0.5, 0.6) is 0 Å². The average Bonchev–Trinajstić information content (AvgIpc) is 2.56. The highest BCUT2D eigenvalue weighted by Gasteiger charge is 2.18. The van der Waals surface area contributed by atoms with Gasteiger partial charge in [-0.25, -0.2) is 8.42 Å². The second-order valence-electron chi connectivity index (χ2n) is 6.20. The van der Waals surface area contributed by atoms with Gasteiger partial charge in [0, 0.05) is 16.9 Å². The molecule has 0 unspecified atom stereocenters. The topological polar surface area (TPSA) is 75.3 Å². The molecule has 2 aromatic carbocycles. The molecule has 0 aliphatic heterocycles. The van der Waals surface area contributed by atoms with E-state index in [0.717, 1.165) is 12.0 Å². The van der Waals surface area contributed by atoms with Crippen molar-refractivity contribution in [2.45, 2.75) is 39.0 Å². The van der Waals surface area contributed by atoms with Gasteiger partial charge in [-0.2, -0.15) is 0 Å². The first kappa shape index (κ1) is 19.7. The molecule has 0 aliphatic rings. The Hall–Kier alpha value is -2.60. The lowest BCUT2D eigenvalue weighted by Gasteiger charge is -2.13. The Labute approximate surface area is 155 Å². The number of amides is 1. The minimum atomic E-state index is -3.77. The second-order valence-corrected chi connectivity index (χ2v) is 7.86. The Morgan fingerprint density at radius 2 is 1.81 bits per heavy atom. The quantitative estimate of drug-likeness (QED) is 0.738. The van der Waals surface area contributed by atoms with Crippen molar-refractivity contribution < 1.29 is 13.2 Å². The molecule has 0 saturated carbocycles. The third-order valence-electron chi connectivity index (χ3n) is 3.87. The van der Waals surface area contributed by atoms with E-state index in [9.17, 15) is 13.2 Å². The summed E-state index contributed by atoms with van der Waals surface area (Å²) < 4.78 is 28.1. The summed E-state index contributed by atoms with van der Waals surface area (Å²) in [7, 11) is -3.77. The molecular weight excluding hydrogens is 348 g/mol. The summed E-state index contributed by atoms with van der Waals surface area (Å²) in [6, 6.07) is 12.0. The van der Waals surface area contributed by atoms with Gasteiger partial charge >= 0.3 is 0 Å². The van der Waals surface area contributed by atoms with Crippen LogP contribution in [-0.2, 0) is 14.8 Å². The van der Waals surface area contributed by atoms with Gasteiger partial charge in [-0.15, -0.1) is 0 Å². The molecule has 0 atom stereocenters. The van der Waals surface area contributed by atoms with Crippen molar-refractivity contribution in [2.24, 2.45) is 0 Å². The second kappa shape index (κ2) is 8.19. The molecule has 2 N–H and O–H groups in total. The molecule has 0 aliphatic carbocycles. The Kier molecular flexibility index (Phi) is 6.21. The summed E-state index contributed by atoms with van der Waals surface area (Å²) in [6.45, 7) is 7.29. The normalized spacial score (nSPS) is 11.9. The van der Waals surface area contributed by atoms with Crippen molar-refractivity contribution in [1.29, 1.82) is 0 Å². The Morgan fingerprint density at radius 3 is 2.46 bits per heavy atom. The Morgan fingerprint density at radius 1 is 1.08 bits per heavy atom. The minimum absolute atomic E-state index is 0.133. The standard InChI is InChI=1S/C20H24N2O3S/c1-5-7-16(4)20(23)21-17-11-10-15(3)19(13-17)26(24,25)22-18-9-6-8-14(2)12-18/h6-13,22H,5H2,1-4H3,(H,21,23)/b16-7-. The third kappa shape index (κ3) is 4.95. The van der Waals surface area contributed by atoms with Crippen molar-refractivity contribution in [2.75, 3.05) is 10.0 Å². The number of nitrogens with one attached hydrogen (secondary N) is 2. The molecule has 0 spiro atoms. The molecule has 1 amide bonds. The summed E-state index contributed by atoms with van der Waals surface area (Å²) >= 11 is 0. The minimum Gasteiger partial charge on any atom is -0.322 e. The van der Waals surface area contributed by atoms with Crippen molar-refractivity contribution in [1.82, 2.24) is 0 Å². The van der Waals surface area contributed by atoms with E-state index in [2.05, 4.69) is 10.0 Å². The zero-order valence-corrected chi connectivity index (χ0v) is 16.3. The van der Waals surface area contributed by atoms with E-state index in [1.54, 1.807) is 44.2 Å². The van der Waals surface area contributed by atoms with E-state index >= 15 is 0 Å². The molecule has 0 heterocycles. The number of sulfonamides is 1. The van der Waals surface area contributed by atoms with Crippen LogP contribution in [0.3, 0.4) is 0 Å². The van der Waals surface area contributed by atoms with Gasteiger partial charge in [0.2, 0.25) is 0 Å². The number of anilines is 2. The van der Waals surface area contributed by atoms with Gasteiger partial charge in [-0.1, -0.05) is 31.2 Å². The number of carbonyl (C=O) groups excluding carboxylic acids is 1.